The third-order valence-electron chi connectivity index (χ3n) is 4.73. The summed E-state index contributed by atoms with van der Waals surface area (Å²) in [6.45, 7) is 2.06. The van der Waals surface area contributed by atoms with Gasteiger partial charge >= 0.3 is 0 Å². The number of rotatable bonds is 5. The SMILES string of the molecule is CC1=NN(c2ccccc2)C(=O)/C1=C/c1ccc(OCc2ccc(Cl)cc2Cl)c(Cl)c1. The van der Waals surface area contributed by atoms with Crippen molar-refractivity contribution in [2.24, 2.45) is 5.10 Å². The Bertz CT molecular complexity index is 1210. The number of nitrogens with zero attached hydrogens (tertiary/aromatic N) is 2. The molecule has 0 atom stereocenters. The number of ether oxygens (including phenoxy) is 1. The fourth-order valence-corrected chi connectivity index (χ4v) is 3.82. The van der Waals surface area contributed by atoms with Crippen LogP contribution in [0.1, 0.15) is 18.1 Å². The number of hydrazone groups is 1. The number of halogens is 3. The molecule has 31 heavy (non-hydrogen) atoms. The monoisotopic (exact) mass is 470 g/mol. The maximum absolute atomic E-state index is 12.9. The summed E-state index contributed by atoms with van der Waals surface area (Å²) >= 11 is 18.5. The molecule has 0 saturated heterocycles. The number of hydrogen-bond donors (Lipinski definition) is 0. The first-order chi connectivity index (χ1) is 14.9. The largest absolute Gasteiger partial charge is 0.487 e. The van der Waals surface area contributed by atoms with Gasteiger partial charge in [0.05, 0.1) is 22.0 Å². The number of amides is 1. The van der Waals surface area contributed by atoms with Gasteiger partial charge in [0.2, 0.25) is 0 Å². The third-order valence-corrected chi connectivity index (χ3v) is 5.61. The highest BCUT2D eigenvalue weighted by molar-refractivity contribution is 6.35. The van der Waals surface area contributed by atoms with Crippen LogP contribution in [0.3, 0.4) is 0 Å². The number of carbonyl (C=O) groups excluding carboxylic acids is 1. The van der Waals surface area contributed by atoms with Gasteiger partial charge in [-0.2, -0.15) is 10.1 Å². The Morgan fingerprint density at radius 2 is 1.74 bits per heavy atom. The Balaban J connectivity index is 1.51. The van der Waals surface area contributed by atoms with Crippen LogP contribution < -0.4 is 9.75 Å². The Labute approximate surface area is 195 Å². The first kappa shape index (κ1) is 21.4. The van der Waals surface area contributed by atoms with Gasteiger partial charge in [0.25, 0.3) is 5.91 Å². The van der Waals surface area contributed by atoms with E-state index < -0.39 is 0 Å². The van der Waals surface area contributed by atoms with E-state index in [1.807, 2.05) is 49.4 Å². The molecule has 1 amide bonds. The van der Waals surface area contributed by atoms with Gasteiger partial charge in [-0.25, -0.2) is 0 Å². The maximum atomic E-state index is 12.9. The molecule has 4 nitrogen and oxygen atoms in total. The summed E-state index contributed by atoms with van der Waals surface area (Å²) < 4.78 is 5.81. The van der Waals surface area contributed by atoms with E-state index in [1.54, 1.807) is 30.3 Å². The van der Waals surface area contributed by atoms with E-state index in [-0.39, 0.29) is 12.5 Å². The van der Waals surface area contributed by atoms with Crippen molar-refractivity contribution in [3.8, 4) is 5.75 Å². The average molecular weight is 472 g/mol. The summed E-state index contributed by atoms with van der Waals surface area (Å²) in [7, 11) is 0. The minimum absolute atomic E-state index is 0.183. The van der Waals surface area contributed by atoms with Gasteiger partial charge in [0.1, 0.15) is 12.4 Å². The molecule has 0 fully saturated rings. The van der Waals surface area contributed by atoms with Gasteiger partial charge in [-0.15, -0.1) is 0 Å². The topological polar surface area (TPSA) is 41.9 Å². The summed E-state index contributed by atoms with van der Waals surface area (Å²) in [5.41, 5.74) is 3.45. The molecular weight excluding hydrogens is 455 g/mol. The number of hydrogen-bond acceptors (Lipinski definition) is 3. The summed E-state index contributed by atoms with van der Waals surface area (Å²) in [6.07, 6.45) is 1.77. The highest BCUT2D eigenvalue weighted by Gasteiger charge is 2.28. The summed E-state index contributed by atoms with van der Waals surface area (Å²) in [6, 6.07) is 19.9. The van der Waals surface area contributed by atoms with Crippen LogP contribution in [0.15, 0.2) is 77.4 Å². The second kappa shape index (κ2) is 9.15. The van der Waals surface area contributed by atoms with Crippen LogP contribution in [0, 0.1) is 0 Å². The average Bonchev–Trinajstić information content (AvgIpc) is 3.03. The van der Waals surface area contributed by atoms with E-state index >= 15 is 0 Å². The first-order valence-electron chi connectivity index (χ1n) is 9.45. The standard InChI is InChI=1S/C24H17Cl3N2O2/c1-15-20(24(30)29(28-15)19-5-3-2-4-6-19)11-16-7-10-23(22(27)12-16)31-14-17-8-9-18(25)13-21(17)26/h2-13H,14H2,1H3/b20-11+. The van der Waals surface area contributed by atoms with E-state index in [9.17, 15) is 4.79 Å². The minimum atomic E-state index is -0.183. The fourth-order valence-electron chi connectivity index (χ4n) is 3.11. The molecule has 1 aliphatic rings. The molecule has 3 aromatic rings. The van der Waals surface area contributed by atoms with E-state index in [2.05, 4.69) is 5.10 Å². The summed E-state index contributed by atoms with van der Waals surface area (Å²) in [5, 5.41) is 7.31. The van der Waals surface area contributed by atoms with E-state index in [0.29, 0.717) is 32.1 Å². The molecule has 0 bridgehead atoms. The van der Waals surface area contributed by atoms with Crippen LogP contribution in [0.2, 0.25) is 15.1 Å². The Morgan fingerprint density at radius 3 is 2.45 bits per heavy atom. The van der Waals surface area contributed by atoms with Gasteiger partial charge in [-0.05, 0) is 55.0 Å². The molecule has 0 unspecified atom stereocenters. The molecule has 0 aliphatic carbocycles. The van der Waals surface area contributed by atoms with Crippen LogP contribution in [0.5, 0.6) is 5.75 Å². The normalized spacial score (nSPS) is 14.8. The molecule has 0 radical (unpaired) electrons. The molecule has 4 rings (SSSR count). The molecule has 0 spiro atoms. The van der Waals surface area contributed by atoms with Gasteiger partial charge in [-0.1, -0.05) is 65.1 Å². The Kier molecular flexibility index (Phi) is 6.33. The van der Waals surface area contributed by atoms with Crippen LogP contribution in [-0.4, -0.2) is 11.6 Å². The number of anilines is 1. The van der Waals surface area contributed by atoms with E-state index in [1.165, 1.54) is 5.01 Å². The van der Waals surface area contributed by atoms with Crippen LogP contribution >= 0.6 is 34.8 Å². The van der Waals surface area contributed by atoms with E-state index in [0.717, 1.165) is 16.8 Å². The predicted octanol–water partition coefficient (Wildman–Crippen LogP) is 7.03. The van der Waals surface area contributed by atoms with Crippen LogP contribution in [-0.2, 0) is 11.4 Å². The van der Waals surface area contributed by atoms with Crippen molar-refractivity contribution < 1.29 is 9.53 Å². The lowest BCUT2D eigenvalue weighted by Gasteiger charge is -2.11. The Hall–Kier alpha value is -2.79. The lowest BCUT2D eigenvalue weighted by molar-refractivity contribution is -0.114. The summed E-state index contributed by atoms with van der Waals surface area (Å²) in [4.78, 5) is 12.9. The highest BCUT2D eigenvalue weighted by Crippen LogP contribution is 2.30. The maximum Gasteiger partial charge on any atom is 0.280 e. The molecule has 0 N–H and O–H groups in total. The quantitative estimate of drug-likeness (QED) is 0.375. The van der Waals surface area contributed by atoms with Crippen molar-refractivity contribution in [3.63, 3.8) is 0 Å². The van der Waals surface area contributed by atoms with Crippen molar-refractivity contribution in [1.29, 1.82) is 0 Å². The van der Waals surface area contributed by atoms with Gasteiger partial charge in [-0.3, -0.25) is 4.79 Å². The second-order valence-electron chi connectivity index (χ2n) is 6.91. The first-order valence-corrected chi connectivity index (χ1v) is 10.6. The molecule has 7 heteroatoms. The Morgan fingerprint density at radius 1 is 0.968 bits per heavy atom. The fraction of sp³-hybridized carbons (Fsp3) is 0.0833. The van der Waals surface area contributed by atoms with Crippen LogP contribution in [0.25, 0.3) is 6.08 Å². The third kappa shape index (κ3) is 4.77. The number of carbonyl (C=O) groups is 1. The molecule has 3 aromatic carbocycles. The predicted molar refractivity (Wildman–Crippen MR) is 127 cm³/mol. The van der Waals surface area contributed by atoms with Crippen molar-refractivity contribution in [3.05, 3.63) is 98.5 Å². The molecule has 0 saturated carbocycles. The van der Waals surface area contributed by atoms with Crippen molar-refractivity contribution in [2.45, 2.75) is 13.5 Å². The number of benzene rings is 3. The van der Waals surface area contributed by atoms with Crippen molar-refractivity contribution in [1.82, 2.24) is 0 Å². The van der Waals surface area contributed by atoms with Crippen molar-refractivity contribution in [2.75, 3.05) is 5.01 Å². The summed E-state index contributed by atoms with van der Waals surface area (Å²) in [5.74, 6) is 0.335. The zero-order valence-electron chi connectivity index (χ0n) is 16.5. The number of para-hydroxylation sites is 1. The molecule has 0 aromatic heterocycles. The van der Waals surface area contributed by atoms with Crippen molar-refractivity contribution >= 4 is 58.2 Å². The minimum Gasteiger partial charge on any atom is -0.487 e. The highest BCUT2D eigenvalue weighted by atomic mass is 35.5. The molecule has 1 heterocycles. The van der Waals surface area contributed by atoms with E-state index in [4.69, 9.17) is 39.5 Å². The van der Waals surface area contributed by atoms with Gasteiger partial charge in [0.15, 0.2) is 0 Å². The smallest absolute Gasteiger partial charge is 0.280 e. The van der Waals surface area contributed by atoms with Crippen LogP contribution in [0.4, 0.5) is 5.69 Å². The zero-order chi connectivity index (χ0) is 22.0. The van der Waals surface area contributed by atoms with Gasteiger partial charge in [0, 0.05) is 15.6 Å². The molecule has 156 valence electrons. The zero-order valence-corrected chi connectivity index (χ0v) is 18.7. The second-order valence-corrected chi connectivity index (χ2v) is 8.16. The lowest BCUT2D eigenvalue weighted by Crippen LogP contribution is -2.21. The molecule has 1 aliphatic heterocycles. The van der Waals surface area contributed by atoms with Gasteiger partial charge < -0.3 is 4.74 Å². The lowest BCUT2D eigenvalue weighted by atomic mass is 10.1. The molecular formula is C24H17Cl3N2O2.